The molecule has 0 N–H and O–H groups in total. The fourth-order valence-corrected chi connectivity index (χ4v) is 2.25. The molecule has 0 saturated heterocycles. The van der Waals surface area contributed by atoms with E-state index in [1.165, 1.54) is 42.7 Å². The Balaban J connectivity index is 2.02. The van der Waals surface area contributed by atoms with Crippen molar-refractivity contribution in [2.24, 2.45) is 0 Å². The van der Waals surface area contributed by atoms with Gasteiger partial charge in [-0.25, -0.2) is 8.78 Å². The highest BCUT2D eigenvalue weighted by atomic mass is 19.1. The van der Waals surface area contributed by atoms with E-state index in [-0.39, 0.29) is 6.54 Å². The number of benzene rings is 2. The van der Waals surface area contributed by atoms with Crippen LogP contribution < -0.4 is 11.1 Å². The number of aromatic nitrogens is 2. The number of halogens is 2. The predicted octanol–water partition coefficient (Wildman–Crippen LogP) is 2.33. The van der Waals surface area contributed by atoms with Crippen molar-refractivity contribution >= 4 is 0 Å². The minimum absolute atomic E-state index is 0.0367. The van der Waals surface area contributed by atoms with Gasteiger partial charge in [0.2, 0.25) is 0 Å². The van der Waals surface area contributed by atoms with Gasteiger partial charge in [0, 0.05) is 23.6 Å². The smallest absolute Gasteiger partial charge is 0.305 e. The summed E-state index contributed by atoms with van der Waals surface area (Å²) in [5, 5.41) is 0. The average Bonchev–Trinajstić information content (AvgIpc) is 2.55. The van der Waals surface area contributed by atoms with Gasteiger partial charge in [-0.1, -0.05) is 18.2 Å². The van der Waals surface area contributed by atoms with Gasteiger partial charge in [0.1, 0.15) is 11.6 Å². The van der Waals surface area contributed by atoms with Crippen molar-refractivity contribution in [2.45, 2.75) is 6.54 Å². The van der Waals surface area contributed by atoms with E-state index in [0.717, 1.165) is 9.13 Å². The predicted molar refractivity (Wildman–Crippen MR) is 81.8 cm³/mol. The second-order valence-corrected chi connectivity index (χ2v) is 4.97. The van der Waals surface area contributed by atoms with E-state index in [2.05, 4.69) is 0 Å². The largest absolute Gasteiger partial charge is 0.320 e. The highest BCUT2D eigenvalue weighted by Gasteiger charge is 2.09. The molecule has 1 heterocycles. The molecule has 2 aromatic carbocycles. The molecule has 1 aromatic heterocycles. The molecule has 0 aliphatic heterocycles. The van der Waals surface area contributed by atoms with Crippen molar-refractivity contribution in [3.8, 4) is 5.69 Å². The van der Waals surface area contributed by atoms with Crippen LogP contribution in [0.3, 0.4) is 0 Å². The van der Waals surface area contributed by atoms with E-state index in [4.69, 9.17) is 0 Å². The van der Waals surface area contributed by atoms with Gasteiger partial charge in [-0.3, -0.25) is 14.2 Å². The Labute approximate surface area is 129 Å². The summed E-state index contributed by atoms with van der Waals surface area (Å²) >= 11 is 0. The SMILES string of the molecule is O=c1c(=O)n(-c2ccc(F)cc2)ccn1Cc1ccccc1F. The lowest BCUT2D eigenvalue weighted by molar-refractivity contribution is 0.593. The van der Waals surface area contributed by atoms with Crippen molar-refractivity contribution in [3.63, 3.8) is 0 Å². The fraction of sp³-hybridized carbons (Fsp3) is 0.0588. The van der Waals surface area contributed by atoms with Crippen LogP contribution in [0.25, 0.3) is 5.69 Å². The molecule has 23 heavy (non-hydrogen) atoms. The molecule has 0 fully saturated rings. The maximum absolute atomic E-state index is 13.7. The molecule has 0 radical (unpaired) electrons. The topological polar surface area (TPSA) is 44.0 Å². The van der Waals surface area contributed by atoms with Gasteiger partial charge in [-0.05, 0) is 30.3 Å². The third-order valence-electron chi connectivity index (χ3n) is 3.46. The first-order valence-corrected chi connectivity index (χ1v) is 6.88. The summed E-state index contributed by atoms with van der Waals surface area (Å²) in [6.45, 7) is -0.0367. The molecule has 0 unspecified atom stereocenters. The Morgan fingerprint density at radius 3 is 2.22 bits per heavy atom. The van der Waals surface area contributed by atoms with Crippen LogP contribution in [0.15, 0.2) is 70.5 Å². The summed E-state index contributed by atoms with van der Waals surface area (Å²) in [4.78, 5) is 24.4. The molecule has 116 valence electrons. The zero-order valence-electron chi connectivity index (χ0n) is 11.9. The molecule has 0 aliphatic rings. The van der Waals surface area contributed by atoms with Gasteiger partial charge in [0.25, 0.3) is 0 Å². The van der Waals surface area contributed by atoms with E-state index in [1.54, 1.807) is 18.2 Å². The second kappa shape index (κ2) is 6.00. The number of hydrogen-bond acceptors (Lipinski definition) is 2. The summed E-state index contributed by atoms with van der Waals surface area (Å²) in [5.74, 6) is -0.878. The molecule has 0 bridgehead atoms. The lowest BCUT2D eigenvalue weighted by Gasteiger charge is -2.09. The number of nitrogens with zero attached hydrogens (tertiary/aromatic N) is 2. The van der Waals surface area contributed by atoms with Crippen LogP contribution in [0.4, 0.5) is 8.78 Å². The Bertz CT molecular complexity index is 959. The Morgan fingerprint density at radius 1 is 0.826 bits per heavy atom. The summed E-state index contributed by atoms with van der Waals surface area (Å²) in [6, 6.07) is 11.2. The van der Waals surface area contributed by atoms with E-state index < -0.39 is 22.8 Å². The van der Waals surface area contributed by atoms with E-state index >= 15 is 0 Å². The molecule has 0 amide bonds. The molecule has 0 spiro atoms. The van der Waals surface area contributed by atoms with Crippen LogP contribution in [0.2, 0.25) is 0 Å². The molecule has 3 rings (SSSR count). The van der Waals surface area contributed by atoms with E-state index in [0.29, 0.717) is 11.3 Å². The first kappa shape index (κ1) is 14.9. The maximum Gasteiger partial charge on any atom is 0.320 e. The van der Waals surface area contributed by atoms with Crippen molar-refractivity contribution in [1.29, 1.82) is 0 Å². The lowest BCUT2D eigenvalue weighted by atomic mass is 10.2. The summed E-state index contributed by atoms with van der Waals surface area (Å²) in [6.07, 6.45) is 2.80. The highest BCUT2D eigenvalue weighted by molar-refractivity contribution is 5.31. The van der Waals surface area contributed by atoms with Gasteiger partial charge < -0.3 is 4.57 Å². The molecule has 0 atom stereocenters. The molecule has 6 heteroatoms. The molecular weight excluding hydrogens is 302 g/mol. The first-order valence-electron chi connectivity index (χ1n) is 6.88. The van der Waals surface area contributed by atoms with Crippen LogP contribution in [0.1, 0.15) is 5.56 Å². The third-order valence-corrected chi connectivity index (χ3v) is 3.46. The standard InChI is InChI=1S/C17H12F2N2O2/c18-13-5-7-14(8-6-13)21-10-9-20(16(22)17(21)23)11-12-3-1-2-4-15(12)19/h1-10H,11H2. The van der Waals surface area contributed by atoms with Crippen LogP contribution in [0, 0.1) is 11.6 Å². The van der Waals surface area contributed by atoms with Crippen LogP contribution in [-0.2, 0) is 6.54 Å². The van der Waals surface area contributed by atoms with Crippen molar-refractivity contribution < 1.29 is 8.78 Å². The summed E-state index contributed by atoms with van der Waals surface area (Å²) < 4.78 is 28.9. The van der Waals surface area contributed by atoms with Crippen LogP contribution >= 0.6 is 0 Å². The normalized spacial score (nSPS) is 10.7. The molecular formula is C17H12F2N2O2. The monoisotopic (exact) mass is 314 g/mol. The third kappa shape index (κ3) is 2.96. The Kier molecular flexibility index (Phi) is 3.89. The van der Waals surface area contributed by atoms with Gasteiger partial charge in [0.05, 0.1) is 6.54 Å². The first-order chi connectivity index (χ1) is 11.1. The minimum Gasteiger partial charge on any atom is -0.305 e. The van der Waals surface area contributed by atoms with Gasteiger partial charge in [0.15, 0.2) is 0 Å². The van der Waals surface area contributed by atoms with E-state index in [1.807, 2.05) is 0 Å². The van der Waals surface area contributed by atoms with Gasteiger partial charge >= 0.3 is 11.1 Å². The van der Waals surface area contributed by atoms with Crippen molar-refractivity contribution in [3.05, 3.63) is 98.8 Å². The molecule has 4 nitrogen and oxygen atoms in total. The van der Waals surface area contributed by atoms with E-state index in [9.17, 15) is 18.4 Å². The zero-order valence-corrected chi connectivity index (χ0v) is 11.9. The Hall–Kier alpha value is -3.02. The number of rotatable bonds is 3. The molecule has 3 aromatic rings. The average molecular weight is 314 g/mol. The van der Waals surface area contributed by atoms with Crippen molar-refractivity contribution in [1.82, 2.24) is 9.13 Å². The molecule has 0 saturated carbocycles. The molecule has 0 aliphatic carbocycles. The van der Waals surface area contributed by atoms with Gasteiger partial charge in [-0.2, -0.15) is 0 Å². The maximum atomic E-state index is 13.7. The second-order valence-electron chi connectivity index (χ2n) is 4.97. The fourth-order valence-electron chi connectivity index (χ4n) is 2.25. The van der Waals surface area contributed by atoms with Crippen LogP contribution in [0.5, 0.6) is 0 Å². The summed E-state index contributed by atoms with van der Waals surface area (Å²) in [5.41, 5.74) is -0.865. The lowest BCUT2D eigenvalue weighted by Crippen LogP contribution is -2.40. The summed E-state index contributed by atoms with van der Waals surface area (Å²) in [7, 11) is 0. The zero-order chi connectivity index (χ0) is 16.4. The Morgan fingerprint density at radius 2 is 1.52 bits per heavy atom. The van der Waals surface area contributed by atoms with Crippen LogP contribution in [-0.4, -0.2) is 9.13 Å². The highest BCUT2D eigenvalue weighted by Crippen LogP contribution is 2.08. The van der Waals surface area contributed by atoms with Crippen molar-refractivity contribution in [2.75, 3.05) is 0 Å². The van der Waals surface area contributed by atoms with Gasteiger partial charge in [-0.15, -0.1) is 0 Å². The minimum atomic E-state index is -0.782. The number of hydrogen-bond donors (Lipinski definition) is 0. The quantitative estimate of drug-likeness (QED) is 0.697.